The average molecular weight is 471 g/mol. The van der Waals surface area contributed by atoms with Gasteiger partial charge in [0.05, 0.1) is 19.7 Å². The van der Waals surface area contributed by atoms with E-state index in [2.05, 4.69) is 23.5 Å². The van der Waals surface area contributed by atoms with Gasteiger partial charge in [-0.05, 0) is 79.3 Å². The molecule has 0 saturated heterocycles. The number of nitrogens with one attached hydrogen (secondary N) is 1. The van der Waals surface area contributed by atoms with Crippen LogP contribution >= 0.6 is 0 Å². The van der Waals surface area contributed by atoms with Gasteiger partial charge in [-0.1, -0.05) is 31.2 Å². The summed E-state index contributed by atoms with van der Waals surface area (Å²) in [5, 5.41) is 2.97. The van der Waals surface area contributed by atoms with Crippen molar-refractivity contribution in [1.82, 2.24) is 4.90 Å². The first kappa shape index (κ1) is 23.0. The van der Waals surface area contributed by atoms with Gasteiger partial charge in [-0.25, -0.2) is 0 Å². The maximum absolute atomic E-state index is 13.6. The summed E-state index contributed by atoms with van der Waals surface area (Å²) in [6, 6.07) is 21.0. The molecule has 0 bridgehead atoms. The molecule has 2 aliphatic rings. The van der Waals surface area contributed by atoms with Crippen LogP contribution < -0.4 is 14.8 Å². The standard InChI is InChI=1S/C29H30N2O4/c1-3-26-29(33)31(25-10-6-8-19-7-4-5-9-24(19)25)18-21-17-22(13-16-27(21)35-26)30-28(32)20-11-14-23(34-2)15-12-20/h4-5,7,9,11-17,25-26H,3,6,8,10,18H2,1-2H3,(H,30,32)/t25-,26+/m1/s1. The van der Waals surface area contributed by atoms with Crippen molar-refractivity contribution in [3.05, 3.63) is 89.0 Å². The van der Waals surface area contributed by atoms with Crippen molar-refractivity contribution >= 4 is 17.5 Å². The van der Waals surface area contributed by atoms with Crippen LogP contribution in [0.2, 0.25) is 0 Å². The maximum atomic E-state index is 13.6. The largest absolute Gasteiger partial charge is 0.497 e. The lowest BCUT2D eigenvalue weighted by Crippen LogP contribution is -2.42. The Balaban J connectivity index is 1.43. The maximum Gasteiger partial charge on any atom is 0.264 e. The van der Waals surface area contributed by atoms with Gasteiger partial charge in [-0.3, -0.25) is 9.59 Å². The van der Waals surface area contributed by atoms with Crippen LogP contribution in [0.5, 0.6) is 11.5 Å². The second-order valence-corrected chi connectivity index (χ2v) is 9.09. The Bertz CT molecular complexity index is 1240. The molecule has 3 aromatic rings. The van der Waals surface area contributed by atoms with Crippen LogP contribution in [0.3, 0.4) is 0 Å². The molecular formula is C29H30N2O4. The topological polar surface area (TPSA) is 67.9 Å². The van der Waals surface area contributed by atoms with Crippen molar-refractivity contribution in [3.8, 4) is 11.5 Å². The lowest BCUT2D eigenvalue weighted by Gasteiger charge is -2.36. The summed E-state index contributed by atoms with van der Waals surface area (Å²) in [5.41, 5.74) is 4.65. The normalized spacial score (nSPS) is 19.1. The van der Waals surface area contributed by atoms with Crippen LogP contribution in [0.1, 0.15) is 59.3 Å². The summed E-state index contributed by atoms with van der Waals surface area (Å²) in [7, 11) is 1.59. The van der Waals surface area contributed by atoms with Gasteiger partial charge in [0.15, 0.2) is 6.10 Å². The van der Waals surface area contributed by atoms with E-state index in [1.807, 2.05) is 36.1 Å². The molecule has 0 spiro atoms. The molecule has 180 valence electrons. The summed E-state index contributed by atoms with van der Waals surface area (Å²) in [4.78, 5) is 28.4. The van der Waals surface area contributed by atoms with Crippen LogP contribution in [0.25, 0.3) is 0 Å². The monoisotopic (exact) mass is 470 g/mol. The average Bonchev–Trinajstić information content (AvgIpc) is 3.04. The molecule has 0 unspecified atom stereocenters. The zero-order valence-corrected chi connectivity index (χ0v) is 20.1. The lowest BCUT2D eigenvalue weighted by molar-refractivity contribution is -0.141. The fourth-order valence-corrected chi connectivity index (χ4v) is 5.07. The van der Waals surface area contributed by atoms with E-state index in [4.69, 9.17) is 9.47 Å². The number of carbonyl (C=O) groups excluding carboxylic acids is 2. The molecule has 0 saturated carbocycles. The first-order valence-corrected chi connectivity index (χ1v) is 12.2. The molecule has 2 atom stereocenters. The number of hydrogen-bond acceptors (Lipinski definition) is 4. The Labute approximate surface area is 205 Å². The molecule has 6 heteroatoms. The molecule has 2 amide bonds. The quantitative estimate of drug-likeness (QED) is 0.533. The molecule has 0 aromatic heterocycles. The third-order valence-corrected chi connectivity index (χ3v) is 6.92. The highest BCUT2D eigenvalue weighted by atomic mass is 16.5. The first-order chi connectivity index (χ1) is 17.1. The van der Waals surface area contributed by atoms with Crippen molar-refractivity contribution in [2.24, 2.45) is 0 Å². The van der Waals surface area contributed by atoms with Gasteiger partial charge in [-0.2, -0.15) is 0 Å². The van der Waals surface area contributed by atoms with Crippen LogP contribution in [-0.4, -0.2) is 29.9 Å². The second-order valence-electron chi connectivity index (χ2n) is 9.09. The third kappa shape index (κ3) is 4.61. The fourth-order valence-electron chi connectivity index (χ4n) is 5.07. The molecule has 1 N–H and O–H groups in total. The second kappa shape index (κ2) is 9.82. The SMILES string of the molecule is CC[C@@H]1Oc2ccc(NC(=O)c3ccc(OC)cc3)cc2CN([C@@H]2CCCc3ccccc32)C1=O. The number of rotatable bonds is 5. The van der Waals surface area contributed by atoms with Gasteiger partial charge in [0.2, 0.25) is 0 Å². The van der Waals surface area contributed by atoms with E-state index < -0.39 is 6.10 Å². The number of aryl methyl sites for hydroxylation is 1. The van der Waals surface area contributed by atoms with Crippen LogP contribution in [0.15, 0.2) is 66.7 Å². The molecule has 6 nitrogen and oxygen atoms in total. The van der Waals surface area contributed by atoms with Crippen molar-refractivity contribution < 1.29 is 19.1 Å². The van der Waals surface area contributed by atoms with E-state index in [0.717, 1.165) is 24.8 Å². The van der Waals surface area contributed by atoms with Crippen molar-refractivity contribution in [2.45, 2.75) is 51.3 Å². The smallest absolute Gasteiger partial charge is 0.264 e. The van der Waals surface area contributed by atoms with Gasteiger partial charge >= 0.3 is 0 Å². The molecule has 1 aliphatic carbocycles. The molecule has 0 fully saturated rings. The van der Waals surface area contributed by atoms with Gasteiger partial charge in [-0.15, -0.1) is 0 Å². The summed E-state index contributed by atoms with van der Waals surface area (Å²) in [6.45, 7) is 2.42. The Kier molecular flexibility index (Phi) is 6.45. The highest BCUT2D eigenvalue weighted by Crippen LogP contribution is 2.39. The number of nitrogens with zero attached hydrogens (tertiary/aromatic N) is 1. The van der Waals surface area contributed by atoms with E-state index in [1.165, 1.54) is 11.1 Å². The highest BCUT2D eigenvalue weighted by molar-refractivity contribution is 6.04. The van der Waals surface area contributed by atoms with Gasteiger partial charge < -0.3 is 19.7 Å². The van der Waals surface area contributed by atoms with Crippen LogP contribution in [0, 0.1) is 0 Å². The number of fused-ring (bicyclic) bond motifs is 2. The third-order valence-electron chi connectivity index (χ3n) is 6.92. The minimum Gasteiger partial charge on any atom is -0.497 e. The molecule has 3 aromatic carbocycles. The zero-order chi connectivity index (χ0) is 24.4. The van der Waals surface area contributed by atoms with E-state index in [1.54, 1.807) is 31.4 Å². The Morgan fingerprint density at radius 3 is 2.66 bits per heavy atom. The molecule has 1 aliphatic heterocycles. The van der Waals surface area contributed by atoms with E-state index >= 15 is 0 Å². The van der Waals surface area contributed by atoms with Crippen LogP contribution in [0.4, 0.5) is 5.69 Å². The minimum absolute atomic E-state index is 0.0218. The number of hydrogen-bond donors (Lipinski definition) is 1. The lowest BCUT2D eigenvalue weighted by atomic mass is 9.86. The number of amides is 2. The van der Waals surface area contributed by atoms with E-state index in [-0.39, 0.29) is 17.9 Å². The molecule has 0 radical (unpaired) electrons. The number of benzene rings is 3. The summed E-state index contributed by atoms with van der Waals surface area (Å²) < 4.78 is 11.4. The fraction of sp³-hybridized carbons (Fsp3) is 0.310. The number of ether oxygens (including phenoxy) is 2. The van der Waals surface area contributed by atoms with E-state index in [0.29, 0.717) is 35.7 Å². The van der Waals surface area contributed by atoms with Crippen molar-refractivity contribution in [3.63, 3.8) is 0 Å². The Morgan fingerprint density at radius 1 is 1.09 bits per heavy atom. The molecule has 5 rings (SSSR count). The van der Waals surface area contributed by atoms with E-state index in [9.17, 15) is 9.59 Å². The van der Waals surface area contributed by atoms with Crippen LogP contribution in [-0.2, 0) is 17.8 Å². The Morgan fingerprint density at radius 2 is 1.89 bits per heavy atom. The predicted molar refractivity (Wildman–Crippen MR) is 135 cm³/mol. The predicted octanol–water partition coefficient (Wildman–Crippen LogP) is 5.52. The summed E-state index contributed by atoms with van der Waals surface area (Å²) >= 11 is 0. The summed E-state index contributed by atoms with van der Waals surface area (Å²) in [5.74, 6) is 1.21. The number of anilines is 1. The number of carbonyl (C=O) groups is 2. The van der Waals surface area contributed by atoms with Gasteiger partial charge in [0.1, 0.15) is 11.5 Å². The zero-order valence-electron chi connectivity index (χ0n) is 20.1. The molecule has 1 heterocycles. The first-order valence-electron chi connectivity index (χ1n) is 12.2. The molecular weight excluding hydrogens is 440 g/mol. The Hall–Kier alpha value is -3.80. The summed E-state index contributed by atoms with van der Waals surface area (Å²) in [6.07, 6.45) is 3.10. The van der Waals surface area contributed by atoms with Gasteiger partial charge in [0, 0.05) is 16.8 Å². The van der Waals surface area contributed by atoms with Crippen molar-refractivity contribution in [1.29, 1.82) is 0 Å². The highest BCUT2D eigenvalue weighted by Gasteiger charge is 2.36. The number of methoxy groups -OCH3 is 1. The van der Waals surface area contributed by atoms with Gasteiger partial charge in [0.25, 0.3) is 11.8 Å². The molecule has 35 heavy (non-hydrogen) atoms. The van der Waals surface area contributed by atoms with Crippen molar-refractivity contribution in [2.75, 3.05) is 12.4 Å². The minimum atomic E-state index is -0.523.